The molecule has 1 aromatic rings. The monoisotopic (exact) mass is 292 g/mol. The Balaban J connectivity index is 1.81. The predicted molar refractivity (Wildman–Crippen MR) is 85.2 cm³/mol. The van der Waals surface area contributed by atoms with Gasteiger partial charge >= 0.3 is 0 Å². The van der Waals surface area contributed by atoms with Crippen LogP contribution in [0.4, 0.5) is 0 Å². The van der Waals surface area contributed by atoms with Crippen LogP contribution in [-0.2, 0) is 4.74 Å². The maximum Gasteiger partial charge on any atom is 0.0817 e. The summed E-state index contributed by atoms with van der Waals surface area (Å²) in [6.07, 6.45) is 2.34. The summed E-state index contributed by atoms with van der Waals surface area (Å²) in [6, 6.07) is 8.34. The van der Waals surface area contributed by atoms with E-state index < -0.39 is 5.60 Å². The first-order valence-electron chi connectivity index (χ1n) is 7.80. The quantitative estimate of drug-likeness (QED) is 0.840. The lowest BCUT2D eigenvalue weighted by molar-refractivity contribution is -0.0770. The highest BCUT2D eigenvalue weighted by Crippen LogP contribution is 2.22. The zero-order valence-electron chi connectivity index (χ0n) is 13.2. The Hall–Kier alpha value is -0.940. The van der Waals surface area contributed by atoms with Crippen LogP contribution in [0.3, 0.4) is 0 Å². The van der Waals surface area contributed by atoms with E-state index in [0.29, 0.717) is 19.8 Å². The first kappa shape index (κ1) is 16.4. The second-order valence-corrected chi connectivity index (χ2v) is 6.33. The van der Waals surface area contributed by atoms with Crippen molar-refractivity contribution in [3.05, 3.63) is 35.4 Å². The summed E-state index contributed by atoms with van der Waals surface area (Å²) in [5.41, 5.74) is 8.17. The Morgan fingerprint density at radius 1 is 1.33 bits per heavy atom. The molecular weight excluding hydrogens is 264 g/mol. The molecule has 118 valence electrons. The first-order valence-corrected chi connectivity index (χ1v) is 7.80. The Morgan fingerprint density at radius 2 is 2.00 bits per heavy atom. The van der Waals surface area contributed by atoms with Gasteiger partial charge in [0.2, 0.25) is 0 Å². The maximum atomic E-state index is 10.5. The van der Waals surface area contributed by atoms with Crippen molar-refractivity contribution in [3.8, 4) is 0 Å². The van der Waals surface area contributed by atoms with E-state index >= 15 is 0 Å². The minimum absolute atomic E-state index is 0.0537. The number of rotatable bonds is 6. The molecule has 1 heterocycles. The highest BCUT2D eigenvalue weighted by molar-refractivity contribution is 5.28. The van der Waals surface area contributed by atoms with Gasteiger partial charge < -0.3 is 20.5 Å². The lowest BCUT2D eigenvalue weighted by Gasteiger charge is -2.35. The summed E-state index contributed by atoms with van der Waals surface area (Å²) >= 11 is 0. The second kappa shape index (κ2) is 7.36. The van der Waals surface area contributed by atoms with Gasteiger partial charge in [0.25, 0.3) is 0 Å². The molecule has 4 nitrogen and oxygen atoms in total. The van der Waals surface area contributed by atoms with Crippen molar-refractivity contribution in [2.45, 2.75) is 37.8 Å². The fourth-order valence-electron chi connectivity index (χ4n) is 3.01. The van der Waals surface area contributed by atoms with Crippen LogP contribution in [0, 0.1) is 6.92 Å². The minimum Gasteiger partial charge on any atom is -0.388 e. The molecule has 0 saturated carbocycles. The standard InChI is InChI=1S/C17H28N2O2/c1-14-5-3-4-6-15(14)16(18)7-10-19(2)13-17(20)8-11-21-12-9-17/h3-6,16,20H,7-13,18H2,1-2H3. The lowest BCUT2D eigenvalue weighted by Crippen LogP contribution is -2.46. The topological polar surface area (TPSA) is 58.7 Å². The fourth-order valence-corrected chi connectivity index (χ4v) is 3.01. The number of benzene rings is 1. The molecule has 1 aromatic carbocycles. The molecule has 0 amide bonds. The van der Waals surface area contributed by atoms with E-state index in [4.69, 9.17) is 10.5 Å². The van der Waals surface area contributed by atoms with Gasteiger partial charge in [-0.3, -0.25) is 0 Å². The molecule has 0 bridgehead atoms. The first-order chi connectivity index (χ1) is 10.0. The summed E-state index contributed by atoms with van der Waals surface area (Å²) in [7, 11) is 2.05. The van der Waals surface area contributed by atoms with Crippen molar-refractivity contribution < 1.29 is 9.84 Å². The highest BCUT2D eigenvalue weighted by atomic mass is 16.5. The summed E-state index contributed by atoms with van der Waals surface area (Å²) in [5.74, 6) is 0. The van der Waals surface area contributed by atoms with Crippen LogP contribution in [0.1, 0.15) is 36.4 Å². The maximum absolute atomic E-state index is 10.5. The van der Waals surface area contributed by atoms with Crippen molar-refractivity contribution in [2.24, 2.45) is 5.73 Å². The summed E-state index contributed by atoms with van der Waals surface area (Å²) in [5, 5.41) is 10.5. The molecule has 1 saturated heterocycles. The van der Waals surface area contributed by atoms with Crippen LogP contribution in [0.25, 0.3) is 0 Å². The molecule has 0 radical (unpaired) electrons. The number of ether oxygens (including phenoxy) is 1. The largest absolute Gasteiger partial charge is 0.388 e. The van der Waals surface area contributed by atoms with Crippen molar-refractivity contribution in [2.75, 3.05) is 33.4 Å². The smallest absolute Gasteiger partial charge is 0.0817 e. The molecule has 0 aliphatic carbocycles. The molecule has 1 aliphatic heterocycles. The Labute approximate surface area is 127 Å². The van der Waals surface area contributed by atoms with Crippen molar-refractivity contribution in [1.29, 1.82) is 0 Å². The van der Waals surface area contributed by atoms with Crippen LogP contribution >= 0.6 is 0 Å². The summed E-state index contributed by atoms with van der Waals surface area (Å²) < 4.78 is 5.32. The van der Waals surface area contributed by atoms with Crippen LogP contribution in [-0.4, -0.2) is 49.0 Å². The van der Waals surface area contributed by atoms with Gasteiger partial charge in [-0.05, 0) is 38.1 Å². The average Bonchev–Trinajstić information content (AvgIpc) is 2.45. The van der Waals surface area contributed by atoms with Crippen LogP contribution in [0.15, 0.2) is 24.3 Å². The van der Waals surface area contributed by atoms with Gasteiger partial charge in [-0.2, -0.15) is 0 Å². The van der Waals surface area contributed by atoms with Gasteiger partial charge in [0.15, 0.2) is 0 Å². The van der Waals surface area contributed by atoms with Gasteiger partial charge in [0.1, 0.15) is 0 Å². The normalized spacial score (nSPS) is 19.7. The van der Waals surface area contributed by atoms with E-state index in [-0.39, 0.29) is 6.04 Å². The third kappa shape index (κ3) is 4.78. The summed E-state index contributed by atoms with van der Waals surface area (Å²) in [6.45, 7) is 5.00. The van der Waals surface area contributed by atoms with Crippen molar-refractivity contribution in [3.63, 3.8) is 0 Å². The third-order valence-corrected chi connectivity index (χ3v) is 4.40. The number of nitrogens with zero attached hydrogens (tertiary/aromatic N) is 1. The van der Waals surface area contributed by atoms with E-state index in [1.165, 1.54) is 11.1 Å². The van der Waals surface area contributed by atoms with Crippen LogP contribution in [0.2, 0.25) is 0 Å². The van der Waals surface area contributed by atoms with Gasteiger partial charge in [-0.25, -0.2) is 0 Å². The molecule has 1 fully saturated rings. The molecule has 3 N–H and O–H groups in total. The molecule has 0 aromatic heterocycles. The van der Waals surface area contributed by atoms with Crippen molar-refractivity contribution >= 4 is 0 Å². The van der Waals surface area contributed by atoms with Crippen molar-refractivity contribution in [1.82, 2.24) is 4.90 Å². The molecule has 2 rings (SSSR count). The fraction of sp³-hybridized carbons (Fsp3) is 0.647. The summed E-state index contributed by atoms with van der Waals surface area (Å²) in [4.78, 5) is 2.18. The van der Waals surface area contributed by atoms with Gasteiger partial charge in [-0.15, -0.1) is 0 Å². The molecular formula is C17H28N2O2. The zero-order chi connectivity index (χ0) is 15.3. The number of likely N-dealkylation sites (N-methyl/N-ethyl adjacent to an activating group) is 1. The van der Waals surface area contributed by atoms with E-state index in [0.717, 1.165) is 25.8 Å². The molecule has 0 spiro atoms. The van der Waals surface area contributed by atoms with E-state index in [1.807, 2.05) is 12.1 Å². The number of nitrogens with two attached hydrogens (primary N) is 1. The van der Waals surface area contributed by atoms with E-state index in [1.54, 1.807) is 0 Å². The zero-order valence-corrected chi connectivity index (χ0v) is 13.2. The van der Waals surface area contributed by atoms with Crippen LogP contribution < -0.4 is 5.73 Å². The van der Waals surface area contributed by atoms with E-state index in [2.05, 4.69) is 31.0 Å². The Bertz CT molecular complexity index is 444. The lowest BCUT2D eigenvalue weighted by atomic mass is 9.93. The molecule has 21 heavy (non-hydrogen) atoms. The SMILES string of the molecule is Cc1ccccc1C(N)CCN(C)CC1(O)CCOCC1. The molecule has 4 heteroatoms. The Morgan fingerprint density at radius 3 is 2.67 bits per heavy atom. The van der Waals surface area contributed by atoms with E-state index in [9.17, 15) is 5.11 Å². The number of hydrogen-bond acceptors (Lipinski definition) is 4. The second-order valence-electron chi connectivity index (χ2n) is 6.33. The van der Waals surface area contributed by atoms with Gasteiger partial charge in [0, 0.05) is 38.6 Å². The number of aryl methyl sites for hydroxylation is 1. The van der Waals surface area contributed by atoms with Gasteiger partial charge in [-0.1, -0.05) is 24.3 Å². The van der Waals surface area contributed by atoms with Gasteiger partial charge in [0.05, 0.1) is 5.60 Å². The van der Waals surface area contributed by atoms with Crippen LogP contribution in [0.5, 0.6) is 0 Å². The number of aliphatic hydroxyl groups is 1. The minimum atomic E-state index is -0.597. The third-order valence-electron chi connectivity index (χ3n) is 4.40. The Kier molecular flexibility index (Phi) is 5.76. The molecule has 1 aliphatic rings. The molecule has 1 atom stereocenters. The highest BCUT2D eigenvalue weighted by Gasteiger charge is 2.30. The predicted octanol–water partition coefficient (Wildman–Crippen LogP) is 1.86. The number of hydrogen-bond donors (Lipinski definition) is 2. The average molecular weight is 292 g/mol. The molecule has 1 unspecified atom stereocenters.